The lowest BCUT2D eigenvalue weighted by atomic mass is 10.1. The maximum Gasteiger partial charge on any atom is 0.255 e. The van der Waals surface area contributed by atoms with Gasteiger partial charge in [-0.3, -0.25) is 9.69 Å². The first-order valence-electron chi connectivity index (χ1n) is 6.39. The predicted octanol–water partition coefficient (Wildman–Crippen LogP) is 2.59. The summed E-state index contributed by atoms with van der Waals surface area (Å²) in [5.74, 6) is 1.02. The van der Waals surface area contributed by atoms with Crippen LogP contribution in [0.5, 0.6) is 0 Å². The molecule has 1 heterocycles. The molecule has 1 aromatic rings. The second-order valence-corrected chi connectivity index (χ2v) is 5.85. The highest BCUT2D eigenvalue weighted by Gasteiger charge is 2.35. The smallest absolute Gasteiger partial charge is 0.255 e. The van der Waals surface area contributed by atoms with Crippen LogP contribution < -0.4 is 10.2 Å². The summed E-state index contributed by atoms with van der Waals surface area (Å²) in [6.45, 7) is 2.10. The molecule has 1 fully saturated rings. The molecule has 5 heteroatoms. The van der Waals surface area contributed by atoms with Crippen molar-refractivity contribution in [2.45, 2.75) is 25.8 Å². The summed E-state index contributed by atoms with van der Waals surface area (Å²) < 4.78 is 0. The fourth-order valence-corrected chi connectivity index (χ4v) is 2.93. The molecule has 2 rings (SSSR count). The number of anilines is 1. The summed E-state index contributed by atoms with van der Waals surface area (Å²) in [5, 5.41) is 3.64. The Bertz CT molecular complexity index is 490. The Hall–Kier alpha value is -1.07. The number of amides is 1. The molecule has 0 unspecified atom stereocenters. The monoisotopic (exact) mass is 294 g/mol. The van der Waals surface area contributed by atoms with Gasteiger partial charge in [-0.2, -0.15) is 11.8 Å². The van der Waals surface area contributed by atoms with E-state index >= 15 is 0 Å². The van der Waals surface area contributed by atoms with E-state index in [2.05, 4.69) is 18.3 Å². The van der Waals surface area contributed by atoms with Crippen LogP contribution in [0.3, 0.4) is 0 Å². The Labute approximate surface area is 123 Å². The van der Waals surface area contributed by atoms with Gasteiger partial charge in [-0.1, -0.05) is 19.1 Å². The number of aryl methyl sites for hydroxylation is 1. The molecule has 3 nitrogen and oxygen atoms in total. The Balaban J connectivity index is 2.19. The summed E-state index contributed by atoms with van der Waals surface area (Å²) in [7, 11) is 0. The molecule has 0 saturated carbocycles. The lowest BCUT2D eigenvalue weighted by molar-refractivity contribution is -0.118. The first-order chi connectivity index (χ1) is 9.17. The van der Waals surface area contributed by atoms with E-state index in [1.165, 1.54) is 5.56 Å². The highest BCUT2D eigenvalue weighted by Crippen LogP contribution is 2.22. The molecule has 1 saturated heterocycles. The molecule has 0 bridgehead atoms. The van der Waals surface area contributed by atoms with Gasteiger partial charge >= 0.3 is 0 Å². The van der Waals surface area contributed by atoms with E-state index in [4.69, 9.17) is 12.2 Å². The van der Waals surface area contributed by atoms with Crippen LogP contribution in [0, 0.1) is 0 Å². The van der Waals surface area contributed by atoms with Crippen LogP contribution in [-0.4, -0.2) is 29.1 Å². The Morgan fingerprint density at radius 1 is 1.47 bits per heavy atom. The van der Waals surface area contributed by atoms with Crippen LogP contribution in [0.25, 0.3) is 0 Å². The van der Waals surface area contributed by atoms with Crippen molar-refractivity contribution in [2.24, 2.45) is 0 Å². The van der Waals surface area contributed by atoms with E-state index in [9.17, 15) is 4.79 Å². The van der Waals surface area contributed by atoms with Gasteiger partial charge in [0.15, 0.2) is 5.11 Å². The molecule has 1 atom stereocenters. The number of thiocarbonyl (C=S) groups is 1. The van der Waals surface area contributed by atoms with Crippen molar-refractivity contribution in [2.75, 3.05) is 16.9 Å². The van der Waals surface area contributed by atoms with Crippen molar-refractivity contribution < 1.29 is 4.79 Å². The molecule has 0 aliphatic carbocycles. The van der Waals surface area contributed by atoms with Crippen molar-refractivity contribution in [3.05, 3.63) is 29.8 Å². The van der Waals surface area contributed by atoms with Gasteiger partial charge in [-0.15, -0.1) is 0 Å². The van der Waals surface area contributed by atoms with Crippen molar-refractivity contribution in [1.29, 1.82) is 0 Å². The number of hydrogen-bond acceptors (Lipinski definition) is 3. The van der Waals surface area contributed by atoms with Gasteiger partial charge in [0.05, 0.1) is 5.69 Å². The van der Waals surface area contributed by atoms with Crippen LogP contribution in [0.2, 0.25) is 0 Å². The number of hydrogen-bond donors (Lipinski definition) is 1. The van der Waals surface area contributed by atoms with Crippen LogP contribution in [0.4, 0.5) is 5.69 Å². The first kappa shape index (κ1) is 14.3. The quantitative estimate of drug-likeness (QED) is 0.846. The molecule has 0 radical (unpaired) electrons. The van der Waals surface area contributed by atoms with Gasteiger partial charge in [0.1, 0.15) is 6.04 Å². The van der Waals surface area contributed by atoms with E-state index in [-0.39, 0.29) is 11.9 Å². The van der Waals surface area contributed by atoms with Gasteiger partial charge in [0.2, 0.25) is 0 Å². The van der Waals surface area contributed by atoms with Gasteiger partial charge in [0, 0.05) is 0 Å². The Morgan fingerprint density at radius 3 is 2.95 bits per heavy atom. The fourth-order valence-electron chi connectivity index (χ4n) is 2.12. The zero-order valence-corrected chi connectivity index (χ0v) is 12.8. The molecule has 102 valence electrons. The second-order valence-electron chi connectivity index (χ2n) is 4.48. The molecule has 1 amide bonds. The summed E-state index contributed by atoms with van der Waals surface area (Å²) in [4.78, 5) is 14.0. The molecular formula is C14H18N2OS2. The molecule has 1 N–H and O–H groups in total. The number of carbonyl (C=O) groups is 1. The van der Waals surface area contributed by atoms with Crippen LogP contribution in [0.15, 0.2) is 24.3 Å². The maximum atomic E-state index is 12.4. The predicted molar refractivity (Wildman–Crippen MR) is 85.8 cm³/mol. The zero-order chi connectivity index (χ0) is 13.8. The molecular weight excluding hydrogens is 276 g/mol. The molecule has 1 aliphatic heterocycles. The molecule has 0 aromatic heterocycles. The summed E-state index contributed by atoms with van der Waals surface area (Å²) in [6, 6.07) is 7.82. The first-order valence-corrected chi connectivity index (χ1v) is 8.20. The average Bonchev–Trinajstić information content (AvgIpc) is 2.71. The van der Waals surface area contributed by atoms with E-state index in [1.54, 1.807) is 16.7 Å². The SMILES string of the molecule is CCc1cccc(N2C(=O)[C@H](CCSC)NC2=S)c1. The molecule has 19 heavy (non-hydrogen) atoms. The third-order valence-electron chi connectivity index (χ3n) is 3.21. The van der Waals surface area contributed by atoms with E-state index in [1.807, 2.05) is 24.5 Å². The summed E-state index contributed by atoms with van der Waals surface area (Å²) in [6.07, 6.45) is 3.80. The largest absolute Gasteiger partial charge is 0.350 e. The molecule has 0 spiro atoms. The summed E-state index contributed by atoms with van der Waals surface area (Å²) >= 11 is 7.03. The minimum atomic E-state index is -0.176. The fraction of sp³-hybridized carbons (Fsp3) is 0.429. The van der Waals surface area contributed by atoms with E-state index in [0.29, 0.717) is 5.11 Å². The van der Waals surface area contributed by atoms with Crippen molar-refractivity contribution in [1.82, 2.24) is 5.32 Å². The maximum absolute atomic E-state index is 12.4. The minimum absolute atomic E-state index is 0.0623. The number of rotatable bonds is 5. The number of carbonyl (C=O) groups excluding carboxylic acids is 1. The van der Waals surface area contributed by atoms with E-state index in [0.717, 1.165) is 24.3 Å². The lowest BCUT2D eigenvalue weighted by Gasteiger charge is -2.15. The van der Waals surface area contributed by atoms with Crippen LogP contribution in [-0.2, 0) is 11.2 Å². The number of thioether (sulfide) groups is 1. The second kappa shape index (κ2) is 6.39. The van der Waals surface area contributed by atoms with Crippen LogP contribution >= 0.6 is 24.0 Å². The van der Waals surface area contributed by atoms with Gasteiger partial charge in [-0.05, 0) is 54.8 Å². The summed E-state index contributed by atoms with van der Waals surface area (Å²) in [5.41, 5.74) is 2.08. The topological polar surface area (TPSA) is 32.3 Å². The van der Waals surface area contributed by atoms with Gasteiger partial charge in [0.25, 0.3) is 5.91 Å². The third kappa shape index (κ3) is 3.09. The van der Waals surface area contributed by atoms with Crippen molar-refractivity contribution in [3.8, 4) is 0 Å². The van der Waals surface area contributed by atoms with Crippen molar-refractivity contribution >= 4 is 40.7 Å². The zero-order valence-electron chi connectivity index (χ0n) is 11.2. The normalized spacial score (nSPS) is 18.8. The van der Waals surface area contributed by atoms with E-state index < -0.39 is 0 Å². The highest BCUT2D eigenvalue weighted by atomic mass is 32.2. The lowest BCUT2D eigenvalue weighted by Crippen LogP contribution is -2.31. The Morgan fingerprint density at radius 2 is 2.26 bits per heavy atom. The third-order valence-corrected chi connectivity index (χ3v) is 4.15. The Kier molecular flexibility index (Phi) is 4.82. The molecule has 1 aliphatic rings. The van der Waals surface area contributed by atoms with Crippen LogP contribution in [0.1, 0.15) is 18.9 Å². The van der Waals surface area contributed by atoms with Gasteiger partial charge in [-0.25, -0.2) is 0 Å². The number of nitrogens with zero attached hydrogens (tertiary/aromatic N) is 1. The number of nitrogens with one attached hydrogen (secondary N) is 1. The minimum Gasteiger partial charge on any atom is -0.350 e. The number of benzene rings is 1. The standard InChI is InChI=1S/C14H18N2OS2/c1-3-10-5-4-6-11(9-10)16-13(17)12(7-8-19-2)15-14(16)18/h4-6,9,12H,3,7-8H2,1-2H3,(H,15,18)/t12-/m0/s1. The average molecular weight is 294 g/mol. The van der Waals surface area contributed by atoms with Gasteiger partial charge < -0.3 is 5.32 Å². The van der Waals surface area contributed by atoms with Crippen molar-refractivity contribution in [3.63, 3.8) is 0 Å². The molecule has 1 aromatic carbocycles. The highest BCUT2D eigenvalue weighted by molar-refractivity contribution is 7.98.